The standard InChI is InChI=1S/C33H23N3O4S3.H3N/c1-19-7-15-27-29(30(19)43(38,39)40)42-32(35-27)23-12-16-26-28(18-23)41-31(34-26)21-10-13-25(14-11-21)36(2)33(37)24-9-8-20-5-3-4-6-22(20)17-24;/h3-18H,1-2H3,(H,38,39,40);1H3. The molecule has 7 aromatic rings. The van der Waals surface area contributed by atoms with E-state index in [0.717, 1.165) is 42.8 Å². The Morgan fingerprint density at radius 1 is 0.773 bits per heavy atom. The first-order valence-corrected chi connectivity index (χ1v) is 16.3. The lowest BCUT2D eigenvalue weighted by molar-refractivity contribution is 0.0993. The highest BCUT2D eigenvalue weighted by Crippen LogP contribution is 2.38. The van der Waals surface area contributed by atoms with E-state index in [1.807, 2.05) is 84.9 Å². The topological polar surface area (TPSA) is 140 Å². The van der Waals surface area contributed by atoms with E-state index < -0.39 is 10.1 Å². The highest BCUT2D eigenvalue weighted by atomic mass is 32.2. The van der Waals surface area contributed by atoms with Gasteiger partial charge in [0, 0.05) is 29.4 Å². The van der Waals surface area contributed by atoms with Crippen LogP contribution in [-0.2, 0) is 10.1 Å². The van der Waals surface area contributed by atoms with E-state index in [0.29, 0.717) is 26.4 Å². The van der Waals surface area contributed by atoms with Crippen LogP contribution in [0.1, 0.15) is 15.9 Å². The predicted octanol–water partition coefficient (Wildman–Crippen LogP) is 8.26. The molecule has 0 fully saturated rings. The Morgan fingerprint density at radius 3 is 2.18 bits per heavy atom. The summed E-state index contributed by atoms with van der Waals surface area (Å²) in [6.45, 7) is 1.61. The summed E-state index contributed by atoms with van der Waals surface area (Å²) in [4.78, 5) is 24.1. The normalized spacial score (nSPS) is 11.6. The Hall–Kier alpha value is -4.52. The van der Waals surface area contributed by atoms with Crippen LogP contribution in [0.15, 0.2) is 102 Å². The highest BCUT2D eigenvalue weighted by Gasteiger charge is 2.18. The molecule has 0 unspecified atom stereocenters. The average molecular weight is 639 g/mol. The number of aryl methyl sites for hydroxylation is 1. The average Bonchev–Trinajstić information content (AvgIpc) is 3.63. The molecule has 0 radical (unpaired) electrons. The number of fused-ring (bicyclic) bond motifs is 3. The van der Waals surface area contributed by atoms with Crippen LogP contribution in [0.4, 0.5) is 5.69 Å². The summed E-state index contributed by atoms with van der Waals surface area (Å²) in [5.41, 5.74) is 4.87. The first kappa shape index (κ1) is 29.5. The summed E-state index contributed by atoms with van der Waals surface area (Å²) < 4.78 is 37.1. The van der Waals surface area contributed by atoms with Crippen molar-refractivity contribution < 1.29 is 17.8 Å². The second-order valence-electron chi connectivity index (χ2n) is 10.2. The number of carbonyl (C=O) groups excluding carboxylic acids is 1. The number of hydrogen-bond donors (Lipinski definition) is 1. The summed E-state index contributed by atoms with van der Waals surface area (Å²) in [6.07, 6.45) is 0. The van der Waals surface area contributed by atoms with Gasteiger partial charge < -0.3 is 15.6 Å². The lowest BCUT2D eigenvalue weighted by Gasteiger charge is -2.18. The molecule has 2 heterocycles. The van der Waals surface area contributed by atoms with Gasteiger partial charge in [-0.15, -0.1) is 22.7 Å². The molecule has 0 saturated carbocycles. The van der Waals surface area contributed by atoms with Crippen molar-refractivity contribution in [1.29, 1.82) is 0 Å². The number of thiazole rings is 2. The monoisotopic (exact) mass is 638 g/mol. The Labute approximate surface area is 261 Å². The van der Waals surface area contributed by atoms with Gasteiger partial charge in [-0.25, -0.2) is 18.4 Å². The molecule has 0 aliphatic rings. The molecule has 0 aliphatic carbocycles. The van der Waals surface area contributed by atoms with E-state index in [1.165, 1.54) is 22.7 Å². The molecule has 44 heavy (non-hydrogen) atoms. The molecule has 5 aromatic carbocycles. The largest absolute Gasteiger partial charge is 0.744 e. The third-order valence-electron chi connectivity index (χ3n) is 7.40. The van der Waals surface area contributed by atoms with Crippen molar-refractivity contribution in [3.8, 4) is 21.1 Å². The number of quaternary nitrogens is 1. The van der Waals surface area contributed by atoms with Crippen molar-refractivity contribution in [2.75, 3.05) is 11.9 Å². The SMILES string of the molecule is Cc1ccc2nc(-c3ccc4nc(-c5ccc(N(C)C(=O)c6ccc7ccccc7c6)cc5)sc4c3)sc2c1S(=O)(=O)[O-].[NH4+]. The maximum absolute atomic E-state index is 13.2. The smallest absolute Gasteiger partial charge is 0.258 e. The van der Waals surface area contributed by atoms with Gasteiger partial charge in [-0.05, 0) is 83.9 Å². The number of nitrogens with zero attached hydrogens (tertiary/aromatic N) is 3. The second kappa shape index (κ2) is 11.2. The minimum atomic E-state index is -4.64. The molecule has 0 bridgehead atoms. The van der Waals surface area contributed by atoms with Gasteiger partial charge >= 0.3 is 0 Å². The molecular weight excluding hydrogens is 613 g/mol. The van der Waals surface area contributed by atoms with Gasteiger partial charge in [-0.1, -0.05) is 36.4 Å². The lowest BCUT2D eigenvalue weighted by atomic mass is 10.1. The molecule has 7 rings (SSSR count). The number of aromatic nitrogens is 2. The molecule has 11 heteroatoms. The molecule has 220 valence electrons. The summed E-state index contributed by atoms with van der Waals surface area (Å²) in [7, 11) is -2.87. The minimum absolute atomic E-state index is 0. The number of hydrogen-bond acceptors (Lipinski definition) is 8. The molecular formula is C33H26N4O4S3. The number of rotatable bonds is 5. The molecule has 4 N–H and O–H groups in total. The Morgan fingerprint density at radius 2 is 1.43 bits per heavy atom. The summed E-state index contributed by atoms with van der Waals surface area (Å²) in [5, 5.41) is 3.58. The van der Waals surface area contributed by atoms with Crippen LogP contribution in [0.25, 0.3) is 52.3 Å². The Kier molecular flexibility index (Phi) is 7.52. The maximum Gasteiger partial charge on any atom is 0.258 e. The first-order valence-electron chi connectivity index (χ1n) is 13.3. The molecule has 0 atom stereocenters. The van der Waals surface area contributed by atoms with Gasteiger partial charge in [0.15, 0.2) is 0 Å². The van der Waals surface area contributed by atoms with Gasteiger partial charge in [-0.2, -0.15) is 0 Å². The van der Waals surface area contributed by atoms with Gasteiger partial charge in [-0.3, -0.25) is 4.79 Å². The highest BCUT2D eigenvalue weighted by molar-refractivity contribution is 7.86. The van der Waals surface area contributed by atoms with Crippen molar-refractivity contribution >= 4 is 75.6 Å². The van der Waals surface area contributed by atoms with Gasteiger partial charge in [0.2, 0.25) is 0 Å². The third-order valence-corrected chi connectivity index (χ3v) is 10.8. The molecule has 0 saturated heterocycles. The van der Waals surface area contributed by atoms with Crippen LogP contribution in [-0.4, -0.2) is 35.9 Å². The minimum Gasteiger partial charge on any atom is -0.744 e. The van der Waals surface area contributed by atoms with Crippen LogP contribution in [0.3, 0.4) is 0 Å². The van der Waals surface area contributed by atoms with Crippen LogP contribution in [0.2, 0.25) is 0 Å². The number of amides is 1. The second-order valence-corrected chi connectivity index (χ2v) is 13.6. The van der Waals surface area contributed by atoms with Crippen molar-refractivity contribution in [2.45, 2.75) is 11.8 Å². The molecule has 0 aliphatic heterocycles. The molecule has 1 amide bonds. The van der Waals surface area contributed by atoms with Crippen LogP contribution < -0.4 is 11.1 Å². The number of anilines is 1. The van der Waals surface area contributed by atoms with Crippen molar-refractivity contribution in [3.05, 3.63) is 108 Å². The zero-order valence-electron chi connectivity index (χ0n) is 23.9. The number of benzene rings is 5. The van der Waals surface area contributed by atoms with Crippen molar-refractivity contribution in [2.24, 2.45) is 0 Å². The van der Waals surface area contributed by atoms with Crippen LogP contribution in [0, 0.1) is 6.92 Å². The van der Waals surface area contributed by atoms with Crippen LogP contribution >= 0.6 is 22.7 Å². The molecule has 2 aromatic heterocycles. The van der Waals surface area contributed by atoms with E-state index in [1.54, 1.807) is 31.0 Å². The summed E-state index contributed by atoms with van der Waals surface area (Å²) in [6, 6.07) is 30.6. The maximum atomic E-state index is 13.2. The predicted molar refractivity (Wildman–Crippen MR) is 179 cm³/mol. The fourth-order valence-corrected chi connectivity index (χ4v) is 8.43. The van der Waals surface area contributed by atoms with Crippen LogP contribution in [0.5, 0.6) is 0 Å². The fraction of sp³-hybridized carbons (Fsp3) is 0.0606. The first-order chi connectivity index (χ1) is 20.7. The fourth-order valence-electron chi connectivity index (χ4n) is 5.14. The quantitative estimate of drug-likeness (QED) is 0.188. The summed E-state index contributed by atoms with van der Waals surface area (Å²) >= 11 is 2.73. The van der Waals surface area contributed by atoms with E-state index >= 15 is 0 Å². The van der Waals surface area contributed by atoms with Gasteiger partial charge in [0.05, 0.1) is 25.3 Å². The zero-order valence-corrected chi connectivity index (χ0v) is 26.4. The lowest BCUT2D eigenvalue weighted by Crippen LogP contribution is -2.26. The summed E-state index contributed by atoms with van der Waals surface area (Å²) in [5.74, 6) is -0.0870. The number of carbonyl (C=O) groups is 1. The Balaban J connectivity index is 0.00000343. The third kappa shape index (κ3) is 5.25. The van der Waals surface area contributed by atoms with Gasteiger partial charge in [0.1, 0.15) is 20.1 Å². The van der Waals surface area contributed by atoms with Gasteiger partial charge in [0.25, 0.3) is 5.91 Å². The van der Waals surface area contributed by atoms with E-state index in [9.17, 15) is 17.8 Å². The van der Waals surface area contributed by atoms with Crippen molar-refractivity contribution in [1.82, 2.24) is 16.1 Å². The Bertz CT molecular complexity index is 2330. The van der Waals surface area contributed by atoms with E-state index in [-0.39, 0.29) is 17.0 Å². The van der Waals surface area contributed by atoms with E-state index in [4.69, 9.17) is 4.98 Å². The zero-order chi connectivity index (χ0) is 29.9. The molecule has 8 nitrogen and oxygen atoms in total. The van der Waals surface area contributed by atoms with Crippen molar-refractivity contribution in [3.63, 3.8) is 0 Å². The molecule has 0 spiro atoms. The van der Waals surface area contributed by atoms with E-state index in [2.05, 4.69) is 4.98 Å².